The average molecular weight is 205 g/mol. The van der Waals surface area contributed by atoms with Crippen LogP contribution in [0.5, 0.6) is 5.75 Å². The molecule has 0 radical (unpaired) electrons. The van der Waals surface area contributed by atoms with Gasteiger partial charge in [-0.05, 0) is 18.6 Å². The number of aryl methyl sites for hydroxylation is 1. The molecule has 3 nitrogen and oxygen atoms in total. The number of nitrogens with one attached hydrogen (secondary N) is 1. The van der Waals surface area contributed by atoms with Crippen LogP contribution >= 0.6 is 0 Å². The minimum atomic E-state index is -0.0959. The van der Waals surface area contributed by atoms with E-state index in [-0.39, 0.29) is 5.54 Å². The first-order valence-corrected chi connectivity index (χ1v) is 5.37. The van der Waals surface area contributed by atoms with Crippen LogP contribution in [0.25, 0.3) is 0 Å². The fourth-order valence-corrected chi connectivity index (χ4v) is 2.35. The molecule has 2 aliphatic heterocycles. The molecule has 1 N–H and O–H groups in total. The Morgan fingerprint density at radius 3 is 3.07 bits per heavy atom. The molecular weight excluding hydrogens is 190 g/mol. The Morgan fingerprint density at radius 1 is 1.33 bits per heavy atom. The lowest BCUT2D eigenvalue weighted by atomic mass is 9.91. The maximum Gasteiger partial charge on any atom is 0.124 e. The molecule has 3 rings (SSSR count). The van der Waals surface area contributed by atoms with Gasteiger partial charge in [-0.15, -0.1) is 0 Å². The van der Waals surface area contributed by atoms with Gasteiger partial charge in [0.2, 0.25) is 0 Å². The summed E-state index contributed by atoms with van der Waals surface area (Å²) < 4.78 is 11.3. The number of ether oxygens (including phenoxy) is 2. The minimum absolute atomic E-state index is 0.0959. The Bertz CT molecular complexity index is 383. The second kappa shape index (κ2) is 3.22. The normalized spacial score (nSPS) is 28.9. The van der Waals surface area contributed by atoms with E-state index >= 15 is 0 Å². The zero-order valence-electron chi connectivity index (χ0n) is 8.88. The van der Waals surface area contributed by atoms with Crippen molar-refractivity contribution in [2.45, 2.75) is 12.5 Å². The number of rotatable bonds is 0. The standard InChI is InChI=1S/C12H15NO2/c1-9-2-3-10-11(6-9)15-8-12(10)7-14-5-4-13-12/h2-3,6,13H,4-5,7-8H2,1H3/t12-/m1/s1. The Morgan fingerprint density at radius 2 is 2.27 bits per heavy atom. The lowest BCUT2D eigenvalue weighted by Gasteiger charge is -2.33. The van der Waals surface area contributed by atoms with E-state index in [1.54, 1.807) is 0 Å². The summed E-state index contributed by atoms with van der Waals surface area (Å²) in [6, 6.07) is 6.38. The smallest absolute Gasteiger partial charge is 0.124 e. The number of benzene rings is 1. The summed E-state index contributed by atoms with van der Waals surface area (Å²) in [5, 5.41) is 3.52. The van der Waals surface area contributed by atoms with Crippen molar-refractivity contribution < 1.29 is 9.47 Å². The summed E-state index contributed by atoms with van der Waals surface area (Å²) in [6.45, 7) is 5.17. The molecule has 15 heavy (non-hydrogen) atoms. The van der Waals surface area contributed by atoms with Gasteiger partial charge >= 0.3 is 0 Å². The minimum Gasteiger partial charge on any atom is -0.491 e. The van der Waals surface area contributed by atoms with E-state index in [1.807, 2.05) is 0 Å². The van der Waals surface area contributed by atoms with E-state index in [9.17, 15) is 0 Å². The molecule has 3 heteroatoms. The van der Waals surface area contributed by atoms with Gasteiger partial charge in [0.05, 0.1) is 13.2 Å². The number of hydrogen-bond donors (Lipinski definition) is 1. The SMILES string of the molecule is Cc1ccc2c(c1)OC[C@]21COCCN1. The zero-order chi connectivity index (χ0) is 10.3. The first-order valence-electron chi connectivity index (χ1n) is 5.37. The van der Waals surface area contributed by atoms with Gasteiger partial charge < -0.3 is 14.8 Å². The van der Waals surface area contributed by atoms with E-state index in [4.69, 9.17) is 9.47 Å². The highest BCUT2D eigenvalue weighted by molar-refractivity contribution is 5.45. The Balaban J connectivity index is 2.03. The van der Waals surface area contributed by atoms with Crippen molar-refractivity contribution in [2.24, 2.45) is 0 Å². The molecule has 0 bridgehead atoms. The van der Waals surface area contributed by atoms with Gasteiger partial charge in [0.1, 0.15) is 17.9 Å². The van der Waals surface area contributed by atoms with Crippen molar-refractivity contribution in [2.75, 3.05) is 26.4 Å². The van der Waals surface area contributed by atoms with Crippen molar-refractivity contribution >= 4 is 0 Å². The molecule has 80 valence electrons. The number of hydrogen-bond acceptors (Lipinski definition) is 3. The highest BCUT2D eigenvalue weighted by Gasteiger charge is 2.42. The van der Waals surface area contributed by atoms with Crippen LogP contribution < -0.4 is 10.1 Å². The van der Waals surface area contributed by atoms with E-state index in [0.717, 1.165) is 18.9 Å². The van der Waals surface area contributed by atoms with Crippen LogP contribution in [0.15, 0.2) is 18.2 Å². The Hall–Kier alpha value is -1.06. The lowest BCUT2D eigenvalue weighted by molar-refractivity contribution is 0.0160. The molecule has 2 heterocycles. The van der Waals surface area contributed by atoms with Gasteiger partial charge in [0.25, 0.3) is 0 Å². The second-order valence-electron chi connectivity index (χ2n) is 4.35. The fraction of sp³-hybridized carbons (Fsp3) is 0.500. The zero-order valence-corrected chi connectivity index (χ0v) is 8.88. The van der Waals surface area contributed by atoms with Gasteiger partial charge in [0.15, 0.2) is 0 Å². The largest absolute Gasteiger partial charge is 0.491 e. The van der Waals surface area contributed by atoms with Crippen LogP contribution in [-0.4, -0.2) is 26.4 Å². The van der Waals surface area contributed by atoms with Gasteiger partial charge in [0, 0.05) is 12.1 Å². The fourth-order valence-electron chi connectivity index (χ4n) is 2.35. The van der Waals surface area contributed by atoms with Crippen molar-refractivity contribution in [3.05, 3.63) is 29.3 Å². The van der Waals surface area contributed by atoms with Crippen molar-refractivity contribution in [1.29, 1.82) is 0 Å². The average Bonchev–Trinajstić information content (AvgIpc) is 2.58. The molecule has 0 saturated carbocycles. The van der Waals surface area contributed by atoms with Crippen LogP contribution in [0.4, 0.5) is 0 Å². The van der Waals surface area contributed by atoms with E-state index in [2.05, 4.69) is 30.4 Å². The summed E-state index contributed by atoms with van der Waals surface area (Å²) in [4.78, 5) is 0. The lowest BCUT2D eigenvalue weighted by Crippen LogP contribution is -2.52. The maximum atomic E-state index is 5.73. The third-order valence-electron chi connectivity index (χ3n) is 3.19. The Kier molecular flexibility index (Phi) is 1.97. The summed E-state index contributed by atoms with van der Waals surface area (Å²) in [7, 11) is 0. The summed E-state index contributed by atoms with van der Waals surface area (Å²) in [5.41, 5.74) is 2.39. The molecule has 0 unspecified atom stereocenters. The van der Waals surface area contributed by atoms with Crippen LogP contribution in [0.3, 0.4) is 0 Å². The van der Waals surface area contributed by atoms with E-state index in [1.165, 1.54) is 11.1 Å². The van der Waals surface area contributed by atoms with Crippen molar-refractivity contribution in [1.82, 2.24) is 5.32 Å². The highest BCUT2D eigenvalue weighted by Crippen LogP contribution is 2.38. The van der Waals surface area contributed by atoms with Crippen LogP contribution in [-0.2, 0) is 10.3 Å². The van der Waals surface area contributed by atoms with E-state index < -0.39 is 0 Å². The molecule has 1 atom stereocenters. The van der Waals surface area contributed by atoms with Gasteiger partial charge in [-0.2, -0.15) is 0 Å². The molecule has 0 amide bonds. The van der Waals surface area contributed by atoms with Crippen molar-refractivity contribution in [3.8, 4) is 5.75 Å². The number of morpholine rings is 1. The topological polar surface area (TPSA) is 30.5 Å². The second-order valence-corrected chi connectivity index (χ2v) is 4.35. The van der Waals surface area contributed by atoms with Crippen molar-refractivity contribution in [3.63, 3.8) is 0 Å². The van der Waals surface area contributed by atoms with E-state index in [0.29, 0.717) is 13.2 Å². The predicted molar refractivity (Wildman–Crippen MR) is 57.2 cm³/mol. The summed E-state index contributed by atoms with van der Waals surface area (Å²) in [6.07, 6.45) is 0. The maximum absolute atomic E-state index is 5.73. The molecule has 1 aromatic rings. The Labute approximate surface area is 89.4 Å². The van der Waals surface area contributed by atoms with Gasteiger partial charge in [-0.3, -0.25) is 0 Å². The third kappa shape index (κ3) is 1.34. The summed E-state index contributed by atoms with van der Waals surface area (Å²) >= 11 is 0. The van der Waals surface area contributed by atoms with Gasteiger partial charge in [-0.1, -0.05) is 12.1 Å². The van der Waals surface area contributed by atoms with Crippen LogP contribution in [0.2, 0.25) is 0 Å². The quantitative estimate of drug-likeness (QED) is 0.690. The molecule has 1 aromatic carbocycles. The predicted octanol–water partition coefficient (Wildman–Crippen LogP) is 1.20. The molecule has 0 aliphatic carbocycles. The van der Waals surface area contributed by atoms with Crippen LogP contribution in [0.1, 0.15) is 11.1 Å². The first kappa shape index (κ1) is 9.19. The third-order valence-corrected chi connectivity index (χ3v) is 3.19. The molecule has 1 fully saturated rings. The first-order chi connectivity index (χ1) is 7.30. The highest BCUT2D eigenvalue weighted by atomic mass is 16.5. The monoisotopic (exact) mass is 205 g/mol. The molecule has 1 saturated heterocycles. The van der Waals surface area contributed by atoms with Crippen LogP contribution in [0, 0.1) is 6.92 Å². The molecule has 2 aliphatic rings. The summed E-state index contributed by atoms with van der Waals surface area (Å²) in [5.74, 6) is 1.01. The van der Waals surface area contributed by atoms with Gasteiger partial charge in [-0.25, -0.2) is 0 Å². The molecule has 1 spiro atoms. The number of fused-ring (bicyclic) bond motifs is 2. The molecule has 0 aromatic heterocycles. The molecular formula is C12H15NO2.